The van der Waals surface area contributed by atoms with Gasteiger partial charge in [-0.1, -0.05) is 25.1 Å². The zero-order chi connectivity index (χ0) is 10.6. The maximum atomic E-state index is 11.7. The van der Waals surface area contributed by atoms with E-state index in [9.17, 15) is 8.42 Å². The van der Waals surface area contributed by atoms with E-state index in [0.29, 0.717) is 4.90 Å². The molecule has 0 fully saturated rings. The molecular formula is C10H15NO2S. The van der Waals surface area contributed by atoms with Gasteiger partial charge in [0.05, 0.1) is 4.90 Å². The predicted octanol–water partition coefficient (Wildman–Crippen LogP) is 1.76. The van der Waals surface area contributed by atoms with Gasteiger partial charge in [-0.2, -0.15) is 0 Å². The van der Waals surface area contributed by atoms with Crippen LogP contribution in [0.15, 0.2) is 35.2 Å². The van der Waals surface area contributed by atoms with Crippen molar-refractivity contribution in [3.8, 4) is 0 Å². The van der Waals surface area contributed by atoms with Crippen molar-refractivity contribution >= 4 is 10.0 Å². The molecule has 14 heavy (non-hydrogen) atoms. The largest absolute Gasteiger partial charge is 0.240 e. The molecule has 0 aliphatic heterocycles. The number of hydrogen-bond acceptors (Lipinski definition) is 2. The first-order chi connectivity index (χ1) is 6.56. The first-order valence-corrected chi connectivity index (χ1v) is 6.12. The normalized spacial score (nSPS) is 13.9. The summed E-state index contributed by atoms with van der Waals surface area (Å²) in [5.41, 5.74) is 0. The fourth-order valence-corrected chi connectivity index (χ4v) is 2.36. The molecule has 1 unspecified atom stereocenters. The van der Waals surface area contributed by atoms with Gasteiger partial charge in [-0.05, 0) is 25.5 Å². The Kier molecular flexibility index (Phi) is 3.66. The highest BCUT2D eigenvalue weighted by atomic mass is 32.2. The summed E-state index contributed by atoms with van der Waals surface area (Å²) in [4.78, 5) is 0.320. The molecule has 0 radical (unpaired) electrons. The van der Waals surface area contributed by atoms with E-state index in [2.05, 4.69) is 4.72 Å². The van der Waals surface area contributed by atoms with E-state index in [1.165, 1.54) is 0 Å². The van der Waals surface area contributed by atoms with E-state index in [4.69, 9.17) is 0 Å². The Bertz CT molecular complexity index is 372. The van der Waals surface area contributed by atoms with Crippen molar-refractivity contribution in [1.29, 1.82) is 0 Å². The maximum absolute atomic E-state index is 11.7. The number of benzene rings is 1. The molecule has 0 saturated carbocycles. The van der Waals surface area contributed by atoms with Gasteiger partial charge in [0.2, 0.25) is 10.0 Å². The van der Waals surface area contributed by atoms with Gasteiger partial charge in [-0.3, -0.25) is 0 Å². The number of sulfonamides is 1. The SMILES string of the molecule is CCC(C)NS(=O)(=O)c1ccccc1. The molecule has 0 saturated heterocycles. The van der Waals surface area contributed by atoms with Gasteiger partial charge in [-0.15, -0.1) is 0 Å². The zero-order valence-corrected chi connectivity index (χ0v) is 9.21. The Morgan fingerprint density at radius 1 is 1.29 bits per heavy atom. The number of hydrogen-bond donors (Lipinski definition) is 1. The average molecular weight is 213 g/mol. The lowest BCUT2D eigenvalue weighted by Gasteiger charge is -2.11. The highest BCUT2D eigenvalue weighted by Crippen LogP contribution is 2.08. The van der Waals surface area contributed by atoms with Crippen molar-refractivity contribution in [3.05, 3.63) is 30.3 Å². The summed E-state index contributed by atoms with van der Waals surface area (Å²) in [5, 5.41) is 0. The standard InChI is InChI=1S/C10H15NO2S/c1-3-9(2)11-14(12,13)10-7-5-4-6-8-10/h4-9,11H,3H2,1-2H3. The highest BCUT2D eigenvalue weighted by molar-refractivity contribution is 7.89. The summed E-state index contributed by atoms with van der Waals surface area (Å²) >= 11 is 0. The molecule has 1 aromatic carbocycles. The van der Waals surface area contributed by atoms with Crippen molar-refractivity contribution in [3.63, 3.8) is 0 Å². The third-order valence-electron chi connectivity index (χ3n) is 2.02. The number of nitrogens with one attached hydrogen (secondary N) is 1. The van der Waals surface area contributed by atoms with Crippen LogP contribution in [0.3, 0.4) is 0 Å². The molecular weight excluding hydrogens is 198 g/mol. The van der Waals surface area contributed by atoms with Crippen LogP contribution in [0.25, 0.3) is 0 Å². The first-order valence-electron chi connectivity index (χ1n) is 4.63. The third kappa shape index (κ3) is 2.82. The molecule has 0 aliphatic carbocycles. The molecule has 1 aromatic rings. The van der Waals surface area contributed by atoms with Crippen molar-refractivity contribution in [1.82, 2.24) is 4.72 Å². The second-order valence-electron chi connectivity index (χ2n) is 3.24. The summed E-state index contributed by atoms with van der Waals surface area (Å²) in [6.45, 7) is 3.79. The minimum absolute atomic E-state index is 0.0276. The molecule has 78 valence electrons. The van der Waals surface area contributed by atoms with Gasteiger partial charge in [0, 0.05) is 6.04 Å². The molecule has 0 spiro atoms. The van der Waals surface area contributed by atoms with Gasteiger partial charge < -0.3 is 0 Å². The average Bonchev–Trinajstić information content (AvgIpc) is 2.18. The Labute approximate surface area is 85.2 Å². The van der Waals surface area contributed by atoms with Crippen LogP contribution in [-0.2, 0) is 10.0 Å². The van der Waals surface area contributed by atoms with Crippen LogP contribution < -0.4 is 4.72 Å². The Morgan fingerprint density at radius 3 is 2.36 bits per heavy atom. The minimum Gasteiger partial charge on any atom is -0.208 e. The van der Waals surface area contributed by atoms with E-state index in [1.807, 2.05) is 13.8 Å². The van der Waals surface area contributed by atoms with Gasteiger partial charge in [0.1, 0.15) is 0 Å². The molecule has 3 nitrogen and oxygen atoms in total. The highest BCUT2D eigenvalue weighted by Gasteiger charge is 2.15. The summed E-state index contributed by atoms with van der Waals surface area (Å²) < 4.78 is 26.0. The second-order valence-corrected chi connectivity index (χ2v) is 4.96. The first kappa shape index (κ1) is 11.2. The van der Waals surface area contributed by atoms with Crippen molar-refractivity contribution in [2.75, 3.05) is 0 Å². The summed E-state index contributed by atoms with van der Waals surface area (Å²) in [6, 6.07) is 8.37. The lowest BCUT2D eigenvalue weighted by Crippen LogP contribution is -2.31. The van der Waals surface area contributed by atoms with Crippen LogP contribution in [0.4, 0.5) is 0 Å². The van der Waals surface area contributed by atoms with Gasteiger partial charge in [0.15, 0.2) is 0 Å². The second kappa shape index (κ2) is 4.57. The lowest BCUT2D eigenvalue weighted by molar-refractivity contribution is 0.556. The van der Waals surface area contributed by atoms with Crippen LogP contribution in [0.5, 0.6) is 0 Å². The monoisotopic (exact) mass is 213 g/mol. The number of rotatable bonds is 4. The van der Waals surface area contributed by atoms with Crippen molar-refractivity contribution in [2.45, 2.75) is 31.2 Å². The third-order valence-corrected chi connectivity index (χ3v) is 3.63. The summed E-state index contributed by atoms with van der Waals surface area (Å²) in [6.07, 6.45) is 0.784. The van der Waals surface area contributed by atoms with E-state index in [1.54, 1.807) is 30.3 Å². The van der Waals surface area contributed by atoms with E-state index >= 15 is 0 Å². The minimum atomic E-state index is -3.32. The lowest BCUT2D eigenvalue weighted by atomic mass is 10.3. The molecule has 1 atom stereocenters. The molecule has 0 bridgehead atoms. The fourth-order valence-electron chi connectivity index (χ4n) is 1.02. The van der Waals surface area contributed by atoms with E-state index in [-0.39, 0.29) is 6.04 Å². The van der Waals surface area contributed by atoms with Gasteiger partial charge in [0.25, 0.3) is 0 Å². The molecule has 0 amide bonds. The maximum Gasteiger partial charge on any atom is 0.240 e. The smallest absolute Gasteiger partial charge is 0.208 e. The molecule has 1 rings (SSSR count). The Balaban J connectivity index is 2.87. The van der Waals surface area contributed by atoms with Crippen molar-refractivity contribution < 1.29 is 8.42 Å². The van der Waals surface area contributed by atoms with Gasteiger partial charge in [-0.25, -0.2) is 13.1 Å². The van der Waals surface area contributed by atoms with Gasteiger partial charge >= 0.3 is 0 Å². The van der Waals surface area contributed by atoms with Crippen LogP contribution in [0, 0.1) is 0 Å². The summed E-state index contributed by atoms with van der Waals surface area (Å²) in [7, 11) is -3.32. The van der Waals surface area contributed by atoms with E-state index in [0.717, 1.165) is 6.42 Å². The molecule has 0 aromatic heterocycles. The molecule has 4 heteroatoms. The van der Waals surface area contributed by atoms with Crippen LogP contribution in [0.2, 0.25) is 0 Å². The molecule has 0 heterocycles. The Hall–Kier alpha value is -0.870. The fraction of sp³-hybridized carbons (Fsp3) is 0.400. The molecule has 0 aliphatic rings. The predicted molar refractivity (Wildman–Crippen MR) is 56.5 cm³/mol. The van der Waals surface area contributed by atoms with Crippen molar-refractivity contribution in [2.24, 2.45) is 0 Å². The Morgan fingerprint density at radius 2 is 1.86 bits per heavy atom. The van der Waals surface area contributed by atoms with E-state index < -0.39 is 10.0 Å². The van der Waals surface area contributed by atoms with Crippen LogP contribution >= 0.6 is 0 Å². The topological polar surface area (TPSA) is 46.2 Å². The van der Waals surface area contributed by atoms with Crippen LogP contribution in [-0.4, -0.2) is 14.5 Å². The van der Waals surface area contributed by atoms with Crippen LogP contribution in [0.1, 0.15) is 20.3 Å². The molecule has 1 N–H and O–H groups in total. The zero-order valence-electron chi connectivity index (χ0n) is 8.40. The summed E-state index contributed by atoms with van der Waals surface area (Å²) in [5.74, 6) is 0. The quantitative estimate of drug-likeness (QED) is 0.828.